The lowest BCUT2D eigenvalue weighted by molar-refractivity contribution is 0.0981. The predicted molar refractivity (Wildman–Crippen MR) is 69.3 cm³/mol. The first-order chi connectivity index (χ1) is 8.65. The largest absolute Gasteiger partial charge is 0.445 e. The SMILES string of the molecule is C[C@@H]1CN(C(=O)OCc2ccccc2)CC(N)=N1. The van der Waals surface area contributed by atoms with Crippen molar-refractivity contribution in [2.75, 3.05) is 13.1 Å². The van der Waals surface area contributed by atoms with Crippen LogP contribution in [0.3, 0.4) is 0 Å². The lowest BCUT2D eigenvalue weighted by Crippen LogP contribution is -2.46. The fourth-order valence-corrected chi connectivity index (χ4v) is 1.89. The first-order valence-electron chi connectivity index (χ1n) is 5.93. The van der Waals surface area contributed by atoms with Crippen molar-refractivity contribution in [3.05, 3.63) is 35.9 Å². The summed E-state index contributed by atoms with van der Waals surface area (Å²) in [4.78, 5) is 17.6. The molecule has 0 spiro atoms. The second-order valence-electron chi connectivity index (χ2n) is 4.39. The van der Waals surface area contributed by atoms with Crippen LogP contribution in [0.1, 0.15) is 12.5 Å². The summed E-state index contributed by atoms with van der Waals surface area (Å²) in [5, 5.41) is 0. The van der Waals surface area contributed by atoms with Gasteiger partial charge in [-0.3, -0.25) is 9.89 Å². The molecule has 0 unspecified atom stereocenters. The second-order valence-corrected chi connectivity index (χ2v) is 4.39. The topological polar surface area (TPSA) is 67.9 Å². The number of hydrogen-bond acceptors (Lipinski definition) is 4. The van der Waals surface area contributed by atoms with Gasteiger partial charge in [-0.25, -0.2) is 4.79 Å². The molecular formula is C13H17N3O2. The number of benzene rings is 1. The minimum absolute atomic E-state index is 0.0306. The second kappa shape index (κ2) is 5.53. The highest BCUT2D eigenvalue weighted by Gasteiger charge is 2.22. The number of aliphatic imine (C=N–C) groups is 1. The van der Waals surface area contributed by atoms with E-state index in [1.165, 1.54) is 0 Å². The van der Waals surface area contributed by atoms with Crippen LogP contribution in [0.4, 0.5) is 4.79 Å². The molecule has 1 aliphatic heterocycles. The van der Waals surface area contributed by atoms with Crippen molar-refractivity contribution in [3.63, 3.8) is 0 Å². The molecule has 18 heavy (non-hydrogen) atoms. The van der Waals surface area contributed by atoms with Gasteiger partial charge in [-0.1, -0.05) is 30.3 Å². The Bertz CT molecular complexity index is 445. The van der Waals surface area contributed by atoms with E-state index < -0.39 is 0 Å². The predicted octanol–water partition coefficient (Wildman–Crippen LogP) is 1.38. The third kappa shape index (κ3) is 3.23. The number of carbonyl (C=O) groups excluding carboxylic acids is 1. The van der Waals surface area contributed by atoms with Gasteiger partial charge in [0, 0.05) is 6.54 Å². The van der Waals surface area contributed by atoms with Crippen LogP contribution in [0.2, 0.25) is 0 Å². The third-order valence-corrected chi connectivity index (χ3v) is 2.69. The Kier molecular flexibility index (Phi) is 3.82. The van der Waals surface area contributed by atoms with Gasteiger partial charge in [0.1, 0.15) is 12.4 Å². The molecule has 1 atom stereocenters. The van der Waals surface area contributed by atoms with Gasteiger partial charge in [-0.2, -0.15) is 0 Å². The molecule has 5 nitrogen and oxygen atoms in total. The van der Waals surface area contributed by atoms with Gasteiger partial charge >= 0.3 is 6.09 Å². The monoisotopic (exact) mass is 247 g/mol. The van der Waals surface area contributed by atoms with Crippen molar-refractivity contribution in [2.45, 2.75) is 19.6 Å². The van der Waals surface area contributed by atoms with Crippen molar-refractivity contribution in [1.82, 2.24) is 4.90 Å². The van der Waals surface area contributed by atoms with E-state index >= 15 is 0 Å². The molecule has 96 valence electrons. The van der Waals surface area contributed by atoms with Gasteiger partial charge < -0.3 is 10.5 Å². The van der Waals surface area contributed by atoms with Crippen molar-refractivity contribution in [3.8, 4) is 0 Å². The summed E-state index contributed by atoms with van der Waals surface area (Å²) in [6, 6.07) is 9.62. The number of carbonyl (C=O) groups is 1. The van der Waals surface area contributed by atoms with E-state index in [9.17, 15) is 4.79 Å². The van der Waals surface area contributed by atoms with Crippen LogP contribution in [-0.2, 0) is 11.3 Å². The van der Waals surface area contributed by atoms with E-state index in [1.807, 2.05) is 37.3 Å². The normalized spacial score (nSPS) is 19.3. The summed E-state index contributed by atoms with van der Waals surface area (Å²) in [5.74, 6) is 0.477. The van der Waals surface area contributed by atoms with E-state index in [1.54, 1.807) is 4.90 Å². The quantitative estimate of drug-likeness (QED) is 0.858. The van der Waals surface area contributed by atoms with E-state index in [2.05, 4.69) is 4.99 Å². The van der Waals surface area contributed by atoms with Crippen LogP contribution in [0.25, 0.3) is 0 Å². The van der Waals surface area contributed by atoms with Gasteiger partial charge in [0.2, 0.25) is 0 Å². The summed E-state index contributed by atoms with van der Waals surface area (Å²) in [7, 11) is 0. The smallest absolute Gasteiger partial charge is 0.410 e. The minimum Gasteiger partial charge on any atom is -0.445 e. The van der Waals surface area contributed by atoms with Crippen molar-refractivity contribution < 1.29 is 9.53 Å². The zero-order chi connectivity index (χ0) is 13.0. The number of rotatable bonds is 2. The van der Waals surface area contributed by atoms with E-state index in [0.29, 0.717) is 18.9 Å². The third-order valence-electron chi connectivity index (χ3n) is 2.69. The van der Waals surface area contributed by atoms with E-state index in [0.717, 1.165) is 5.56 Å². The molecule has 1 heterocycles. The lowest BCUT2D eigenvalue weighted by atomic mass is 10.2. The highest BCUT2D eigenvalue weighted by atomic mass is 16.6. The van der Waals surface area contributed by atoms with Gasteiger partial charge in [0.25, 0.3) is 0 Å². The standard InChI is InChI=1S/C13H17N3O2/c1-10-7-16(8-12(14)15-10)13(17)18-9-11-5-3-2-4-6-11/h2-6,10H,7-9H2,1H3,(H2,14,15)/t10-/m1/s1. The van der Waals surface area contributed by atoms with Crippen molar-refractivity contribution >= 4 is 11.9 Å². The van der Waals surface area contributed by atoms with Crippen LogP contribution in [0.5, 0.6) is 0 Å². The molecule has 0 aliphatic carbocycles. The number of nitrogens with zero attached hydrogens (tertiary/aromatic N) is 2. The Balaban J connectivity index is 1.87. The number of amides is 1. The summed E-state index contributed by atoms with van der Waals surface area (Å²) in [6.45, 7) is 3.09. The van der Waals surface area contributed by atoms with Crippen LogP contribution < -0.4 is 5.73 Å². The molecule has 2 rings (SSSR count). The Morgan fingerprint density at radius 1 is 1.50 bits per heavy atom. The molecule has 0 saturated carbocycles. The lowest BCUT2D eigenvalue weighted by Gasteiger charge is -2.27. The first kappa shape index (κ1) is 12.4. The Morgan fingerprint density at radius 2 is 2.22 bits per heavy atom. The molecule has 1 amide bonds. The number of ether oxygens (including phenoxy) is 1. The van der Waals surface area contributed by atoms with Crippen LogP contribution >= 0.6 is 0 Å². The van der Waals surface area contributed by atoms with Crippen molar-refractivity contribution in [1.29, 1.82) is 0 Å². The highest BCUT2D eigenvalue weighted by Crippen LogP contribution is 2.07. The fraction of sp³-hybridized carbons (Fsp3) is 0.385. The van der Waals surface area contributed by atoms with Crippen molar-refractivity contribution in [2.24, 2.45) is 10.7 Å². The Morgan fingerprint density at radius 3 is 2.89 bits per heavy atom. The van der Waals surface area contributed by atoms with Gasteiger partial charge in [-0.15, -0.1) is 0 Å². The van der Waals surface area contributed by atoms with E-state index in [-0.39, 0.29) is 18.7 Å². The van der Waals surface area contributed by atoms with Crippen LogP contribution in [0.15, 0.2) is 35.3 Å². The van der Waals surface area contributed by atoms with Crippen LogP contribution in [-0.4, -0.2) is 36.0 Å². The molecule has 2 N–H and O–H groups in total. The summed E-state index contributed by atoms with van der Waals surface area (Å²) >= 11 is 0. The molecule has 0 fully saturated rings. The molecule has 5 heteroatoms. The summed E-state index contributed by atoms with van der Waals surface area (Å²) < 4.78 is 5.24. The fourth-order valence-electron chi connectivity index (χ4n) is 1.89. The number of hydrogen-bond donors (Lipinski definition) is 1. The molecular weight excluding hydrogens is 230 g/mol. The number of nitrogens with two attached hydrogens (primary N) is 1. The molecule has 0 saturated heterocycles. The maximum atomic E-state index is 11.9. The zero-order valence-corrected chi connectivity index (χ0v) is 10.4. The Hall–Kier alpha value is -2.04. The molecule has 1 aromatic carbocycles. The Labute approximate surface area is 106 Å². The summed E-state index contributed by atoms with van der Waals surface area (Å²) in [5.41, 5.74) is 6.63. The highest BCUT2D eigenvalue weighted by molar-refractivity contribution is 5.86. The molecule has 0 aromatic heterocycles. The average molecular weight is 247 g/mol. The van der Waals surface area contributed by atoms with Crippen LogP contribution in [0, 0.1) is 0 Å². The van der Waals surface area contributed by atoms with Gasteiger partial charge in [-0.05, 0) is 12.5 Å². The molecule has 1 aliphatic rings. The maximum Gasteiger partial charge on any atom is 0.410 e. The van der Waals surface area contributed by atoms with E-state index in [4.69, 9.17) is 10.5 Å². The summed E-state index contributed by atoms with van der Waals surface area (Å²) in [6.07, 6.45) is -0.344. The van der Waals surface area contributed by atoms with Gasteiger partial charge in [0.15, 0.2) is 0 Å². The zero-order valence-electron chi connectivity index (χ0n) is 10.4. The molecule has 0 bridgehead atoms. The molecule has 1 aromatic rings. The maximum absolute atomic E-state index is 11.9. The first-order valence-corrected chi connectivity index (χ1v) is 5.93. The molecule has 0 radical (unpaired) electrons. The minimum atomic E-state index is -0.344. The number of amidine groups is 1. The average Bonchev–Trinajstić information content (AvgIpc) is 2.36. The van der Waals surface area contributed by atoms with Gasteiger partial charge in [0.05, 0.1) is 12.6 Å².